The van der Waals surface area contributed by atoms with Gasteiger partial charge in [0, 0.05) is 50.0 Å². The molecule has 0 saturated carbocycles. The highest BCUT2D eigenvalue weighted by Gasteiger charge is 2.22. The summed E-state index contributed by atoms with van der Waals surface area (Å²) in [7, 11) is 1.99. The van der Waals surface area contributed by atoms with Crippen LogP contribution >= 0.6 is 0 Å². The maximum Gasteiger partial charge on any atom is 0.270 e. The van der Waals surface area contributed by atoms with Gasteiger partial charge in [0.05, 0.1) is 4.92 Å². The zero-order valence-corrected chi connectivity index (χ0v) is 14.8. The molecule has 8 heteroatoms. The molecule has 0 N–H and O–H groups in total. The Kier molecular flexibility index (Phi) is 5.33. The number of nitrogens with zero attached hydrogens (tertiary/aromatic N) is 4. The lowest BCUT2D eigenvalue weighted by atomic mass is 10.1. The van der Waals surface area contributed by atoms with Crippen molar-refractivity contribution in [3.63, 3.8) is 0 Å². The van der Waals surface area contributed by atoms with Crippen molar-refractivity contribution in [3.8, 4) is 17.4 Å². The molecule has 0 radical (unpaired) electrons. The van der Waals surface area contributed by atoms with E-state index in [-0.39, 0.29) is 17.2 Å². The zero-order chi connectivity index (χ0) is 19.4. The van der Waals surface area contributed by atoms with Crippen molar-refractivity contribution in [3.05, 3.63) is 57.8 Å². The first-order chi connectivity index (χ1) is 13.0. The van der Waals surface area contributed by atoms with E-state index in [1.165, 1.54) is 18.2 Å². The number of non-ortho nitro benzene ring substituents is 1. The number of rotatable bonds is 4. The second-order valence-corrected chi connectivity index (χ2v) is 6.27. The standard InChI is InChI=1S/C19H18N4O4/c1-21-7-9-22(10-8-21)19(24)15(13-20)12-17-5-6-18(27-17)14-3-2-4-16(11-14)23(25)26/h2-6,11-12H,7-10H2,1H3/b15-12+. The van der Waals surface area contributed by atoms with E-state index in [2.05, 4.69) is 4.90 Å². The lowest BCUT2D eigenvalue weighted by Gasteiger charge is -2.32. The molecule has 2 heterocycles. The topological polar surface area (TPSA) is 104 Å². The van der Waals surface area contributed by atoms with Crippen LogP contribution in [0.1, 0.15) is 5.76 Å². The van der Waals surface area contributed by atoms with Gasteiger partial charge in [0.25, 0.3) is 11.6 Å². The van der Waals surface area contributed by atoms with Crippen molar-refractivity contribution in [2.45, 2.75) is 0 Å². The van der Waals surface area contributed by atoms with Crippen LogP contribution in [0.5, 0.6) is 0 Å². The fraction of sp³-hybridized carbons (Fsp3) is 0.263. The minimum Gasteiger partial charge on any atom is -0.457 e. The average Bonchev–Trinajstić information content (AvgIpc) is 3.15. The van der Waals surface area contributed by atoms with E-state index in [4.69, 9.17) is 4.42 Å². The summed E-state index contributed by atoms with van der Waals surface area (Å²) in [6.07, 6.45) is 1.40. The van der Waals surface area contributed by atoms with Crippen LogP contribution in [0.2, 0.25) is 0 Å². The van der Waals surface area contributed by atoms with Crippen LogP contribution in [-0.4, -0.2) is 53.9 Å². The second kappa shape index (κ2) is 7.85. The van der Waals surface area contributed by atoms with Crippen molar-refractivity contribution < 1.29 is 14.1 Å². The number of hydrogen-bond donors (Lipinski definition) is 0. The summed E-state index contributed by atoms with van der Waals surface area (Å²) < 4.78 is 5.66. The molecular weight excluding hydrogens is 348 g/mol. The van der Waals surface area contributed by atoms with E-state index in [9.17, 15) is 20.2 Å². The first-order valence-corrected chi connectivity index (χ1v) is 8.42. The SMILES string of the molecule is CN1CCN(C(=O)/C(C#N)=C/c2ccc(-c3cccc([N+](=O)[O-])c3)o2)CC1. The molecule has 138 valence electrons. The number of amides is 1. The molecule has 27 heavy (non-hydrogen) atoms. The Labute approximate surface area is 156 Å². The largest absolute Gasteiger partial charge is 0.457 e. The number of benzene rings is 1. The molecule has 1 amide bonds. The van der Waals surface area contributed by atoms with Crippen LogP contribution < -0.4 is 0 Å². The van der Waals surface area contributed by atoms with E-state index in [0.29, 0.717) is 30.2 Å². The number of carbonyl (C=O) groups excluding carboxylic acids is 1. The summed E-state index contributed by atoms with van der Waals surface area (Å²) in [4.78, 5) is 26.7. The highest BCUT2D eigenvalue weighted by Crippen LogP contribution is 2.26. The molecule has 3 rings (SSSR count). The molecule has 1 aromatic heterocycles. The number of nitro benzene ring substituents is 1. The summed E-state index contributed by atoms with van der Waals surface area (Å²) in [6, 6.07) is 11.3. The highest BCUT2D eigenvalue weighted by molar-refractivity contribution is 6.01. The third-order valence-corrected chi connectivity index (χ3v) is 4.40. The first kappa shape index (κ1) is 18.4. The number of nitro groups is 1. The van der Waals surface area contributed by atoms with Crippen LogP contribution in [0.3, 0.4) is 0 Å². The fourth-order valence-electron chi connectivity index (χ4n) is 2.82. The molecule has 0 atom stereocenters. The normalized spacial score (nSPS) is 15.4. The third-order valence-electron chi connectivity index (χ3n) is 4.40. The van der Waals surface area contributed by atoms with Crippen LogP contribution in [-0.2, 0) is 4.79 Å². The number of piperazine rings is 1. The van der Waals surface area contributed by atoms with E-state index in [1.807, 2.05) is 13.1 Å². The van der Waals surface area contributed by atoms with Gasteiger partial charge in [0.1, 0.15) is 23.2 Å². The maximum atomic E-state index is 12.5. The van der Waals surface area contributed by atoms with Crippen LogP contribution in [0, 0.1) is 21.4 Å². The Morgan fingerprint density at radius 3 is 2.67 bits per heavy atom. The maximum absolute atomic E-state index is 12.5. The molecule has 1 saturated heterocycles. The van der Waals surface area contributed by atoms with Crippen molar-refractivity contribution >= 4 is 17.7 Å². The molecule has 1 aliphatic rings. The van der Waals surface area contributed by atoms with Crippen molar-refractivity contribution in [1.82, 2.24) is 9.80 Å². The van der Waals surface area contributed by atoms with Gasteiger partial charge >= 0.3 is 0 Å². The molecular formula is C19H18N4O4. The number of hydrogen-bond acceptors (Lipinski definition) is 6. The molecule has 0 aliphatic carbocycles. The summed E-state index contributed by atoms with van der Waals surface area (Å²) >= 11 is 0. The van der Waals surface area contributed by atoms with Crippen LogP contribution in [0.4, 0.5) is 5.69 Å². The molecule has 0 unspecified atom stereocenters. The number of nitriles is 1. The Morgan fingerprint density at radius 1 is 1.26 bits per heavy atom. The molecule has 8 nitrogen and oxygen atoms in total. The molecule has 1 fully saturated rings. The van der Waals surface area contributed by atoms with Crippen molar-refractivity contribution in [1.29, 1.82) is 5.26 Å². The van der Waals surface area contributed by atoms with Gasteiger partial charge in [-0.2, -0.15) is 5.26 Å². The minimum atomic E-state index is -0.476. The Hall–Kier alpha value is -3.44. The van der Waals surface area contributed by atoms with Gasteiger partial charge in [0.15, 0.2) is 0 Å². The van der Waals surface area contributed by atoms with Crippen LogP contribution in [0.25, 0.3) is 17.4 Å². The average molecular weight is 366 g/mol. The van der Waals surface area contributed by atoms with Crippen molar-refractivity contribution in [2.75, 3.05) is 33.2 Å². The Bertz CT molecular complexity index is 933. The number of likely N-dealkylation sites (N-methyl/N-ethyl adjacent to an activating group) is 1. The lowest BCUT2D eigenvalue weighted by Crippen LogP contribution is -2.47. The summed E-state index contributed by atoms with van der Waals surface area (Å²) in [5.41, 5.74) is 0.510. The van der Waals surface area contributed by atoms with Gasteiger partial charge in [-0.25, -0.2) is 0 Å². The van der Waals surface area contributed by atoms with Gasteiger partial charge in [0.2, 0.25) is 0 Å². The van der Waals surface area contributed by atoms with E-state index < -0.39 is 4.92 Å². The number of furan rings is 1. The third kappa shape index (κ3) is 4.22. The smallest absolute Gasteiger partial charge is 0.270 e. The van der Waals surface area contributed by atoms with E-state index in [0.717, 1.165) is 13.1 Å². The van der Waals surface area contributed by atoms with Gasteiger partial charge in [-0.1, -0.05) is 12.1 Å². The molecule has 1 aromatic carbocycles. The Balaban J connectivity index is 1.80. The van der Waals surface area contributed by atoms with Gasteiger partial charge in [-0.3, -0.25) is 14.9 Å². The second-order valence-electron chi connectivity index (χ2n) is 6.27. The number of carbonyl (C=O) groups is 1. The molecule has 0 bridgehead atoms. The summed E-state index contributed by atoms with van der Waals surface area (Å²) in [6.45, 7) is 2.68. The first-order valence-electron chi connectivity index (χ1n) is 8.42. The molecule has 0 spiro atoms. The molecule has 2 aromatic rings. The monoisotopic (exact) mass is 366 g/mol. The molecule has 1 aliphatic heterocycles. The van der Waals surface area contributed by atoms with E-state index in [1.54, 1.807) is 29.2 Å². The summed E-state index contributed by atoms with van der Waals surface area (Å²) in [5.74, 6) is 0.448. The summed E-state index contributed by atoms with van der Waals surface area (Å²) in [5, 5.41) is 20.3. The van der Waals surface area contributed by atoms with Crippen molar-refractivity contribution in [2.24, 2.45) is 0 Å². The quantitative estimate of drug-likeness (QED) is 0.356. The van der Waals surface area contributed by atoms with E-state index >= 15 is 0 Å². The Morgan fingerprint density at radius 2 is 2.00 bits per heavy atom. The predicted molar refractivity (Wildman–Crippen MR) is 98.5 cm³/mol. The lowest BCUT2D eigenvalue weighted by molar-refractivity contribution is -0.384. The fourth-order valence-corrected chi connectivity index (χ4v) is 2.82. The highest BCUT2D eigenvalue weighted by atomic mass is 16.6. The van der Waals surface area contributed by atoms with Gasteiger partial charge in [-0.05, 0) is 19.2 Å². The van der Waals surface area contributed by atoms with Crippen LogP contribution in [0.15, 0.2) is 46.4 Å². The van der Waals surface area contributed by atoms with Gasteiger partial charge < -0.3 is 14.2 Å². The van der Waals surface area contributed by atoms with Gasteiger partial charge in [-0.15, -0.1) is 0 Å². The zero-order valence-electron chi connectivity index (χ0n) is 14.8. The minimum absolute atomic E-state index is 0.000467. The predicted octanol–water partition coefficient (Wildman–Crippen LogP) is 2.54.